The van der Waals surface area contributed by atoms with Crippen LogP contribution in [0.5, 0.6) is 0 Å². The van der Waals surface area contributed by atoms with E-state index in [2.05, 4.69) is 23.1 Å². The van der Waals surface area contributed by atoms with Gasteiger partial charge >= 0.3 is 0 Å². The minimum Gasteiger partial charge on any atom is -0.321 e. The number of hydrogen-bond acceptors (Lipinski definition) is 3. The molecular formula is C25H40FN3. The normalized spacial score (nSPS) is 32.6. The molecule has 3 N–H and O–H groups in total. The molecule has 29 heavy (non-hydrogen) atoms. The third kappa shape index (κ3) is 5.32. The van der Waals surface area contributed by atoms with E-state index in [1.54, 1.807) is 12.1 Å². The van der Waals surface area contributed by atoms with Gasteiger partial charge in [-0.05, 0) is 81.5 Å². The Morgan fingerprint density at radius 2 is 1.62 bits per heavy atom. The molecule has 5 rings (SSSR count). The van der Waals surface area contributed by atoms with Crippen molar-refractivity contribution >= 4 is 5.69 Å². The summed E-state index contributed by atoms with van der Waals surface area (Å²) in [4.78, 5) is 0. The van der Waals surface area contributed by atoms with Gasteiger partial charge in [0.15, 0.2) is 0 Å². The molecule has 4 heteroatoms. The van der Waals surface area contributed by atoms with Crippen LogP contribution in [0.2, 0.25) is 0 Å². The van der Waals surface area contributed by atoms with Gasteiger partial charge in [0.1, 0.15) is 5.82 Å². The van der Waals surface area contributed by atoms with Crippen LogP contribution in [0.25, 0.3) is 0 Å². The lowest BCUT2D eigenvalue weighted by Crippen LogP contribution is -2.69. The van der Waals surface area contributed by atoms with E-state index in [9.17, 15) is 4.39 Å². The Bertz CT molecular complexity index is 647. The van der Waals surface area contributed by atoms with Crippen LogP contribution in [0.15, 0.2) is 24.3 Å². The molecule has 2 atom stereocenters. The first-order valence-corrected chi connectivity index (χ1v) is 12.1. The molecule has 0 aliphatic heterocycles. The Morgan fingerprint density at radius 1 is 0.931 bits per heavy atom. The molecule has 0 saturated heterocycles. The van der Waals surface area contributed by atoms with Crippen LogP contribution in [0, 0.1) is 17.7 Å². The highest BCUT2D eigenvalue weighted by Crippen LogP contribution is 2.57. The minimum atomic E-state index is -0.185. The highest BCUT2D eigenvalue weighted by molar-refractivity contribution is 5.42. The Kier molecular flexibility index (Phi) is 6.80. The molecule has 0 spiro atoms. The molecule has 0 heterocycles. The number of hydrogen-bond donors (Lipinski definition) is 3. The van der Waals surface area contributed by atoms with Gasteiger partial charge in [-0.25, -0.2) is 9.82 Å². The Morgan fingerprint density at radius 3 is 2.34 bits per heavy atom. The van der Waals surface area contributed by atoms with Crippen LogP contribution in [-0.2, 0) is 0 Å². The molecule has 0 aromatic heterocycles. The lowest BCUT2D eigenvalue weighted by molar-refractivity contribution is -0.0490. The maximum atomic E-state index is 13.5. The van der Waals surface area contributed by atoms with Gasteiger partial charge in [0.25, 0.3) is 0 Å². The molecule has 0 amide bonds. The maximum absolute atomic E-state index is 13.5. The molecule has 0 radical (unpaired) electrons. The zero-order chi connectivity index (χ0) is 20.2. The molecule has 3 nitrogen and oxygen atoms in total. The number of hydrazine groups is 1. The molecule has 4 aliphatic rings. The third-order valence-corrected chi connectivity index (χ3v) is 7.64. The average Bonchev–Trinajstić information content (AvgIpc) is 2.68. The second-order valence-corrected chi connectivity index (χ2v) is 10.3. The highest BCUT2D eigenvalue weighted by Gasteiger charge is 2.57. The second kappa shape index (κ2) is 9.34. The number of nitrogens with one attached hydrogen (secondary N) is 3. The van der Waals surface area contributed by atoms with Crippen molar-refractivity contribution in [2.24, 2.45) is 11.8 Å². The average molecular weight is 402 g/mol. The van der Waals surface area contributed by atoms with Crippen molar-refractivity contribution in [3.63, 3.8) is 0 Å². The van der Waals surface area contributed by atoms with Crippen molar-refractivity contribution in [3.8, 4) is 0 Å². The molecule has 4 saturated carbocycles. The first-order valence-electron chi connectivity index (χ1n) is 12.1. The van der Waals surface area contributed by atoms with Crippen LogP contribution < -0.4 is 16.2 Å². The molecular weight excluding hydrogens is 361 g/mol. The van der Waals surface area contributed by atoms with Gasteiger partial charge in [0.2, 0.25) is 0 Å². The monoisotopic (exact) mass is 401 g/mol. The number of unbranched alkanes of at least 4 members (excludes halogenated alkanes) is 6. The standard InChI is InChI=1S/C25H40FN3/c1-2-3-4-5-6-7-8-12-27-24-15-20-13-21(16-24)18-25(17-20,19-24)29-28-23-11-9-10-22(26)14-23/h9-11,14,20-21,27-29H,2-8,12-13,15-19H2,1H3. The molecule has 4 aliphatic carbocycles. The molecule has 2 unspecified atom stereocenters. The van der Waals surface area contributed by atoms with E-state index in [0.717, 1.165) is 17.5 Å². The van der Waals surface area contributed by atoms with Crippen molar-refractivity contribution in [3.05, 3.63) is 30.1 Å². The molecule has 4 fully saturated rings. The van der Waals surface area contributed by atoms with E-state index in [4.69, 9.17) is 0 Å². The summed E-state index contributed by atoms with van der Waals surface area (Å²) in [5.41, 5.74) is 8.32. The van der Waals surface area contributed by atoms with Crippen LogP contribution in [0.3, 0.4) is 0 Å². The van der Waals surface area contributed by atoms with Crippen molar-refractivity contribution in [2.75, 3.05) is 12.0 Å². The number of halogens is 1. The SMILES string of the molecule is CCCCCCCCCNC12CC3CC(C1)CC(NNc1cccc(F)c1)(C3)C2. The molecule has 162 valence electrons. The van der Waals surface area contributed by atoms with Crippen molar-refractivity contribution in [2.45, 2.75) is 101 Å². The van der Waals surface area contributed by atoms with Gasteiger partial charge < -0.3 is 10.7 Å². The third-order valence-electron chi connectivity index (χ3n) is 7.64. The topological polar surface area (TPSA) is 36.1 Å². The van der Waals surface area contributed by atoms with E-state index >= 15 is 0 Å². The lowest BCUT2D eigenvalue weighted by Gasteiger charge is -2.62. The quantitative estimate of drug-likeness (QED) is 0.289. The van der Waals surface area contributed by atoms with Crippen LogP contribution in [-0.4, -0.2) is 17.6 Å². The maximum Gasteiger partial charge on any atom is 0.125 e. The first kappa shape index (κ1) is 21.1. The van der Waals surface area contributed by atoms with Crippen molar-refractivity contribution in [1.29, 1.82) is 0 Å². The summed E-state index contributed by atoms with van der Waals surface area (Å²) in [5.74, 6) is 1.48. The fraction of sp³-hybridized carbons (Fsp3) is 0.760. The summed E-state index contributed by atoms with van der Waals surface area (Å²) in [5, 5.41) is 4.03. The summed E-state index contributed by atoms with van der Waals surface area (Å²) < 4.78 is 13.5. The van der Waals surface area contributed by atoms with E-state index < -0.39 is 0 Å². The van der Waals surface area contributed by atoms with Gasteiger partial charge in [-0.1, -0.05) is 51.5 Å². The largest absolute Gasteiger partial charge is 0.321 e. The summed E-state index contributed by atoms with van der Waals surface area (Å²) in [6.07, 6.45) is 17.4. The van der Waals surface area contributed by atoms with E-state index in [-0.39, 0.29) is 11.4 Å². The van der Waals surface area contributed by atoms with Crippen LogP contribution in [0.4, 0.5) is 10.1 Å². The minimum absolute atomic E-state index is 0.156. The smallest absolute Gasteiger partial charge is 0.125 e. The number of benzene rings is 1. The Labute approximate surface area is 176 Å². The van der Waals surface area contributed by atoms with Crippen molar-refractivity contribution < 1.29 is 4.39 Å². The summed E-state index contributed by atoms with van der Waals surface area (Å²) in [6, 6.07) is 6.77. The van der Waals surface area contributed by atoms with Gasteiger partial charge in [0, 0.05) is 11.1 Å². The number of rotatable bonds is 12. The summed E-state index contributed by atoms with van der Waals surface area (Å²) >= 11 is 0. The van der Waals surface area contributed by atoms with Crippen LogP contribution in [0.1, 0.15) is 90.4 Å². The Hall–Kier alpha value is -1.13. The zero-order valence-electron chi connectivity index (χ0n) is 18.2. The number of anilines is 1. The fourth-order valence-corrected chi connectivity index (χ4v) is 6.82. The van der Waals surface area contributed by atoms with Gasteiger partial charge in [-0.15, -0.1) is 0 Å². The molecule has 1 aromatic carbocycles. The van der Waals surface area contributed by atoms with Gasteiger partial charge in [-0.3, -0.25) is 0 Å². The predicted octanol–water partition coefficient (Wildman–Crippen LogP) is 6.17. The van der Waals surface area contributed by atoms with Gasteiger partial charge in [0.05, 0.1) is 5.69 Å². The highest BCUT2D eigenvalue weighted by atomic mass is 19.1. The second-order valence-electron chi connectivity index (χ2n) is 10.3. The molecule has 1 aromatic rings. The van der Waals surface area contributed by atoms with Gasteiger partial charge in [-0.2, -0.15) is 0 Å². The first-order chi connectivity index (χ1) is 14.1. The van der Waals surface area contributed by atoms with Crippen molar-refractivity contribution in [1.82, 2.24) is 10.7 Å². The summed E-state index contributed by atoms with van der Waals surface area (Å²) in [6.45, 7) is 3.45. The fourth-order valence-electron chi connectivity index (χ4n) is 6.82. The predicted molar refractivity (Wildman–Crippen MR) is 119 cm³/mol. The molecule has 4 bridgehead atoms. The van der Waals surface area contributed by atoms with E-state index in [0.29, 0.717) is 5.54 Å². The van der Waals surface area contributed by atoms with Crippen LogP contribution >= 0.6 is 0 Å². The lowest BCUT2D eigenvalue weighted by atomic mass is 9.50. The van der Waals surface area contributed by atoms with E-state index in [1.807, 2.05) is 6.07 Å². The Balaban J connectivity index is 1.28. The summed E-state index contributed by atoms with van der Waals surface area (Å²) in [7, 11) is 0. The van der Waals surface area contributed by atoms with E-state index in [1.165, 1.54) is 96.1 Å². The zero-order valence-corrected chi connectivity index (χ0v) is 18.2.